The normalized spacial score (nSPS) is 16.4. The Bertz CT molecular complexity index is 773. The molecule has 2 N–H and O–H groups in total. The molecule has 24 heavy (non-hydrogen) atoms. The Labute approximate surface area is 142 Å². The largest absolute Gasteiger partial charge is 0.466 e. The molecule has 3 rings (SSSR count). The summed E-state index contributed by atoms with van der Waals surface area (Å²) in [6.07, 6.45) is 3.18. The maximum Gasteiger partial charge on any atom is 0.270 e. The number of amides is 1. The Balaban J connectivity index is 1.74. The second-order valence-corrected chi connectivity index (χ2v) is 6.19. The van der Waals surface area contributed by atoms with Crippen molar-refractivity contribution in [1.82, 2.24) is 5.32 Å². The summed E-state index contributed by atoms with van der Waals surface area (Å²) in [5.74, 6) is -0.0862. The van der Waals surface area contributed by atoms with Gasteiger partial charge in [0.05, 0.1) is 28.3 Å². The first-order valence-electron chi connectivity index (χ1n) is 7.40. The SMILES string of the molecule is O=C(NCC(O)(c1ccco1)C1CC1)c1ccc([N+](=O)[O-])cc1Cl. The van der Waals surface area contributed by atoms with E-state index in [1.165, 1.54) is 18.4 Å². The van der Waals surface area contributed by atoms with Crippen LogP contribution in [0.3, 0.4) is 0 Å². The van der Waals surface area contributed by atoms with Gasteiger partial charge in [-0.05, 0) is 37.0 Å². The number of nitrogens with one attached hydrogen (secondary N) is 1. The second kappa shape index (κ2) is 6.26. The molecule has 2 aromatic rings. The Hall–Kier alpha value is -2.38. The number of carbonyl (C=O) groups excluding carboxylic acids is 1. The van der Waals surface area contributed by atoms with Crippen LogP contribution in [0, 0.1) is 16.0 Å². The first-order valence-corrected chi connectivity index (χ1v) is 7.78. The average Bonchev–Trinajstić information content (AvgIpc) is 3.27. The summed E-state index contributed by atoms with van der Waals surface area (Å²) in [6, 6.07) is 6.97. The van der Waals surface area contributed by atoms with E-state index in [0.29, 0.717) is 5.76 Å². The van der Waals surface area contributed by atoms with Crippen LogP contribution in [-0.2, 0) is 5.60 Å². The highest BCUT2D eigenvalue weighted by molar-refractivity contribution is 6.34. The molecule has 1 amide bonds. The van der Waals surface area contributed by atoms with Crippen molar-refractivity contribution in [3.63, 3.8) is 0 Å². The number of non-ortho nitro benzene ring substituents is 1. The van der Waals surface area contributed by atoms with Crippen molar-refractivity contribution in [1.29, 1.82) is 0 Å². The molecule has 1 aliphatic rings. The summed E-state index contributed by atoms with van der Waals surface area (Å²) in [4.78, 5) is 22.4. The van der Waals surface area contributed by atoms with Gasteiger partial charge in [0.2, 0.25) is 0 Å². The second-order valence-electron chi connectivity index (χ2n) is 5.78. The van der Waals surface area contributed by atoms with E-state index in [9.17, 15) is 20.0 Å². The van der Waals surface area contributed by atoms with Gasteiger partial charge >= 0.3 is 0 Å². The van der Waals surface area contributed by atoms with Crippen molar-refractivity contribution in [3.05, 3.63) is 63.1 Å². The molecule has 1 aliphatic carbocycles. The van der Waals surface area contributed by atoms with Crippen LogP contribution in [0.4, 0.5) is 5.69 Å². The van der Waals surface area contributed by atoms with E-state index < -0.39 is 16.4 Å². The molecule has 8 heteroatoms. The number of nitrogens with zero attached hydrogens (tertiary/aromatic N) is 1. The number of nitro benzene ring substituents is 1. The topological polar surface area (TPSA) is 106 Å². The number of benzene rings is 1. The van der Waals surface area contributed by atoms with E-state index in [-0.39, 0.29) is 28.7 Å². The van der Waals surface area contributed by atoms with E-state index in [4.69, 9.17) is 16.0 Å². The molecule has 0 aliphatic heterocycles. The number of carbonyl (C=O) groups is 1. The number of hydrogen-bond acceptors (Lipinski definition) is 5. The summed E-state index contributed by atoms with van der Waals surface area (Å²) >= 11 is 5.95. The lowest BCUT2D eigenvalue weighted by Crippen LogP contribution is -2.42. The first-order chi connectivity index (χ1) is 11.4. The lowest BCUT2D eigenvalue weighted by Gasteiger charge is -2.26. The van der Waals surface area contributed by atoms with Gasteiger partial charge in [-0.2, -0.15) is 0 Å². The minimum atomic E-state index is -1.27. The minimum absolute atomic E-state index is 0.0188. The van der Waals surface area contributed by atoms with Gasteiger partial charge < -0.3 is 14.8 Å². The van der Waals surface area contributed by atoms with Gasteiger partial charge in [-0.1, -0.05) is 11.6 Å². The molecule has 0 spiro atoms. The third kappa shape index (κ3) is 3.13. The molecule has 1 saturated carbocycles. The molecular weight excluding hydrogens is 336 g/mol. The van der Waals surface area contributed by atoms with E-state index in [1.54, 1.807) is 12.1 Å². The zero-order valence-corrected chi connectivity index (χ0v) is 13.3. The van der Waals surface area contributed by atoms with Gasteiger partial charge in [-0.15, -0.1) is 0 Å². The highest BCUT2D eigenvalue weighted by atomic mass is 35.5. The van der Waals surface area contributed by atoms with Crippen LogP contribution in [0.5, 0.6) is 0 Å². The third-order valence-electron chi connectivity index (χ3n) is 4.13. The van der Waals surface area contributed by atoms with Crippen LogP contribution in [0.2, 0.25) is 5.02 Å². The minimum Gasteiger partial charge on any atom is -0.466 e. The van der Waals surface area contributed by atoms with Crippen molar-refractivity contribution >= 4 is 23.2 Å². The third-order valence-corrected chi connectivity index (χ3v) is 4.44. The summed E-state index contributed by atoms with van der Waals surface area (Å²) in [7, 11) is 0. The molecule has 0 radical (unpaired) electrons. The molecule has 0 saturated heterocycles. The summed E-state index contributed by atoms with van der Waals surface area (Å²) < 4.78 is 5.30. The monoisotopic (exact) mass is 350 g/mol. The standard InChI is InChI=1S/C16H15ClN2O5/c17-13-8-11(19(22)23)5-6-12(13)15(20)18-9-16(21,10-3-4-10)14-2-1-7-24-14/h1-2,5-8,10,21H,3-4,9H2,(H,18,20). The molecule has 0 bridgehead atoms. The number of furan rings is 1. The van der Waals surface area contributed by atoms with E-state index in [0.717, 1.165) is 18.9 Å². The first kappa shape index (κ1) is 16.5. The predicted molar refractivity (Wildman–Crippen MR) is 85.8 cm³/mol. The van der Waals surface area contributed by atoms with Gasteiger partial charge in [0.25, 0.3) is 11.6 Å². The summed E-state index contributed by atoms with van der Waals surface area (Å²) in [5.41, 5.74) is -1.35. The van der Waals surface area contributed by atoms with Gasteiger partial charge in [-0.25, -0.2) is 0 Å². The zero-order chi connectivity index (χ0) is 17.3. The summed E-state index contributed by atoms with van der Waals surface area (Å²) in [6.45, 7) is -0.0304. The lowest BCUT2D eigenvalue weighted by molar-refractivity contribution is -0.384. The quantitative estimate of drug-likeness (QED) is 0.615. The lowest BCUT2D eigenvalue weighted by atomic mass is 9.94. The fourth-order valence-corrected chi connectivity index (χ4v) is 2.89. The van der Waals surface area contributed by atoms with Crippen LogP contribution in [-0.4, -0.2) is 22.5 Å². The number of aliphatic hydroxyl groups is 1. The van der Waals surface area contributed by atoms with E-state index >= 15 is 0 Å². The van der Waals surface area contributed by atoms with Crippen LogP contribution in [0.15, 0.2) is 41.0 Å². The molecule has 1 aromatic heterocycles. The Morgan fingerprint density at radius 2 is 2.21 bits per heavy atom. The maximum atomic E-state index is 12.3. The number of nitro groups is 1. The van der Waals surface area contributed by atoms with Crippen molar-refractivity contribution in [2.75, 3.05) is 6.54 Å². The smallest absolute Gasteiger partial charge is 0.270 e. The highest BCUT2D eigenvalue weighted by Gasteiger charge is 2.47. The Kier molecular flexibility index (Phi) is 4.29. The van der Waals surface area contributed by atoms with Crippen molar-refractivity contribution in [2.24, 2.45) is 5.92 Å². The number of rotatable bonds is 6. The zero-order valence-electron chi connectivity index (χ0n) is 12.6. The van der Waals surface area contributed by atoms with Crippen molar-refractivity contribution in [3.8, 4) is 0 Å². The summed E-state index contributed by atoms with van der Waals surface area (Å²) in [5, 5.41) is 24.2. The van der Waals surface area contributed by atoms with Gasteiger partial charge in [0.1, 0.15) is 11.4 Å². The molecule has 1 fully saturated rings. The highest BCUT2D eigenvalue weighted by Crippen LogP contribution is 2.45. The van der Waals surface area contributed by atoms with Crippen LogP contribution < -0.4 is 5.32 Å². The Morgan fingerprint density at radius 1 is 1.46 bits per heavy atom. The van der Waals surface area contributed by atoms with Crippen molar-refractivity contribution < 1.29 is 19.2 Å². The molecule has 126 valence electrons. The fraction of sp³-hybridized carbons (Fsp3) is 0.312. The van der Waals surface area contributed by atoms with Crippen LogP contribution in [0.25, 0.3) is 0 Å². The Morgan fingerprint density at radius 3 is 2.75 bits per heavy atom. The van der Waals surface area contributed by atoms with Gasteiger partial charge in [0.15, 0.2) is 0 Å². The van der Waals surface area contributed by atoms with Gasteiger partial charge in [0, 0.05) is 12.1 Å². The molecule has 1 unspecified atom stereocenters. The van der Waals surface area contributed by atoms with E-state index in [2.05, 4.69) is 5.32 Å². The number of hydrogen-bond donors (Lipinski definition) is 2. The average molecular weight is 351 g/mol. The molecule has 1 heterocycles. The van der Waals surface area contributed by atoms with Gasteiger partial charge in [-0.3, -0.25) is 14.9 Å². The van der Waals surface area contributed by atoms with Crippen LogP contribution >= 0.6 is 11.6 Å². The molecular formula is C16H15ClN2O5. The van der Waals surface area contributed by atoms with Crippen LogP contribution in [0.1, 0.15) is 29.0 Å². The number of halogens is 1. The predicted octanol–water partition coefficient (Wildman–Crippen LogP) is 2.87. The molecule has 1 aromatic carbocycles. The van der Waals surface area contributed by atoms with Crippen molar-refractivity contribution in [2.45, 2.75) is 18.4 Å². The molecule has 1 atom stereocenters. The molecule has 7 nitrogen and oxygen atoms in total. The maximum absolute atomic E-state index is 12.3. The fourth-order valence-electron chi connectivity index (χ4n) is 2.63. The van der Waals surface area contributed by atoms with E-state index in [1.807, 2.05) is 0 Å².